The molecule has 140 valence electrons. The molecule has 0 spiro atoms. The topological polar surface area (TPSA) is 55.0 Å². The number of hydrogen-bond acceptors (Lipinski definition) is 4. The fourth-order valence-corrected chi connectivity index (χ4v) is 4.47. The van der Waals surface area contributed by atoms with Crippen molar-refractivity contribution in [3.8, 4) is 11.1 Å². The van der Waals surface area contributed by atoms with Crippen molar-refractivity contribution in [1.82, 2.24) is 9.97 Å². The molecule has 0 amide bonds. The summed E-state index contributed by atoms with van der Waals surface area (Å²) in [4.78, 5) is 11.7. The predicted molar refractivity (Wildman–Crippen MR) is 114 cm³/mol. The van der Waals surface area contributed by atoms with E-state index in [0.29, 0.717) is 0 Å². The van der Waals surface area contributed by atoms with Crippen LogP contribution in [0.15, 0.2) is 42.7 Å². The highest BCUT2D eigenvalue weighted by atomic mass is 35.5. The van der Waals surface area contributed by atoms with E-state index in [0.717, 1.165) is 37.9 Å². The fourth-order valence-electron chi connectivity index (χ4n) is 4.47. The van der Waals surface area contributed by atoms with Crippen molar-refractivity contribution in [2.75, 3.05) is 18.0 Å². The fraction of sp³-hybridized carbons (Fsp3) is 0.364. The van der Waals surface area contributed by atoms with Gasteiger partial charge in [0.05, 0.1) is 11.2 Å². The number of fused-ring (bicyclic) bond motifs is 2. The molecule has 5 heteroatoms. The third-order valence-electron chi connectivity index (χ3n) is 5.79. The number of nitrogens with zero attached hydrogens (tertiary/aromatic N) is 3. The van der Waals surface area contributed by atoms with Gasteiger partial charge in [-0.3, -0.25) is 9.97 Å². The molecule has 1 aromatic carbocycles. The first-order chi connectivity index (χ1) is 12.8. The normalized spacial score (nSPS) is 19.0. The van der Waals surface area contributed by atoms with Gasteiger partial charge in [0, 0.05) is 42.6 Å². The standard InChI is InChI=1S/C22H24N4.ClH/c23-17-9-12-26(14-17)22-18-3-1-2-4-20(18)25-21-6-5-16(13-19(21)22)15-7-10-24-11-8-15;/h5-8,10-11,13,17H,1-4,9,12,14,23H2;1H/t17-;/m0./s1. The van der Waals surface area contributed by atoms with Crippen LogP contribution in [-0.4, -0.2) is 29.1 Å². The maximum absolute atomic E-state index is 6.24. The Morgan fingerprint density at radius 3 is 2.59 bits per heavy atom. The third-order valence-corrected chi connectivity index (χ3v) is 5.79. The van der Waals surface area contributed by atoms with Gasteiger partial charge in [0.25, 0.3) is 0 Å². The zero-order chi connectivity index (χ0) is 17.5. The van der Waals surface area contributed by atoms with E-state index in [-0.39, 0.29) is 18.4 Å². The quantitative estimate of drug-likeness (QED) is 0.726. The van der Waals surface area contributed by atoms with Gasteiger partial charge < -0.3 is 10.6 Å². The largest absolute Gasteiger partial charge is 0.369 e. The number of anilines is 1. The van der Waals surface area contributed by atoms with Gasteiger partial charge in [0.1, 0.15) is 0 Å². The molecule has 27 heavy (non-hydrogen) atoms. The molecule has 5 rings (SSSR count). The molecule has 3 heterocycles. The molecule has 3 aromatic rings. The van der Waals surface area contributed by atoms with Gasteiger partial charge in [-0.1, -0.05) is 6.07 Å². The molecule has 1 fully saturated rings. The minimum Gasteiger partial charge on any atom is -0.369 e. The zero-order valence-electron chi connectivity index (χ0n) is 15.4. The number of hydrogen-bond donors (Lipinski definition) is 1. The Hall–Kier alpha value is -2.17. The molecule has 1 aliphatic carbocycles. The van der Waals surface area contributed by atoms with Gasteiger partial charge >= 0.3 is 0 Å². The van der Waals surface area contributed by atoms with Gasteiger partial charge in [-0.05, 0) is 73.1 Å². The lowest BCUT2D eigenvalue weighted by Crippen LogP contribution is -2.28. The second-order valence-corrected chi connectivity index (χ2v) is 7.56. The number of benzene rings is 1. The summed E-state index contributed by atoms with van der Waals surface area (Å²) >= 11 is 0. The summed E-state index contributed by atoms with van der Waals surface area (Å²) in [5, 5.41) is 1.27. The van der Waals surface area contributed by atoms with Crippen LogP contribution < -0.4 is 10.6 Å². The van der Waals surface area contributed by atoms with Crippen molar-refractivity contribution in [1.29, 1.82) is 0 Å². The molecule has 2 N–H and O–H groups in total. The number of halogens is 1. The van der Waals surface area contributed by atoms with Crippen molar-refractivity contribution >= 4 is 29.0 Å². The van der Waals surface area contributed by atoms with E-state index in [4.69, 9.17) is 10.7 Å². The number of nitrogens with two attached hydrogens (primary N) is 1. The molecule has 0 radical (unpaired) electrons. The second-order valence-electron chi connectivity index (χ2n) is 7.56. The Morgan fingerprint density at radius 1 is 1.00 bits per heavy atom. The SMILES string of the molecule is Cl.N[C@H]1CCN(c2c3c(nc4ccc(-c5ccncc5)cc24)CCCC3)C1. The summed E-state index contributed by atoms with van der Waals surface area (Å²) in [6, 6.07) is 11.1. The van der Waals surface area contributed by atoms with Gasteiger partial charge in [0.2, 0.25) is 0 Å². The first-order valence-electron chi connectivity index (χ1n) is 9.66. The van der Waals surface area contributed by atoms with E-state index in [1.807, 2.05) is 12.4 Å². The molecule has 0 unspecified atom stereocenters. The highest BCUT2D eigenvalue weighted by Crippen LogP contribution is 2.38. The van der Waals surface area contributed by atoms with Crippen LogP contribution in [0, 0.1) is 0 Å². The lowest BCUT2D eigenvalue weighted by molar-refractivity contribution is 0.668. The smallest absolute Gasteiger partial charge is 0.0726 e. The van der Waals surface area contributed by atoms with Crippen molar-refractivity contribution in [2.24, 2.45) is 5.73 Å². The summed E-state index contributed by atoms with van der Waals surface area (Å²) in [5.41, 5.74) is 13.9. The third kappa shape index (κ3) is 3.28. The van der Waals surface area contributed by atoms with Gasteiger partial charge in [-0.2, -0.15) is 0 Å². The number of rotatable bonds is 2. The summed E-state index contributed by atoms with van der Waals surface area (Å²) in [6.07, 6.45) is 9.53. The maximum atomic E-state index is 6.24. The van der Waals surface area contributed by atoms with Gasteiger partial charge in [-0.15, -0.1) is 12.4 Å². The minimum absolute atomic E-state index is 0. The predicted octanol–water partition coefficient (Wildman–Crippen LogP) is 4.13. The average molecular weight is 381 g/mol. The van der Waals surface area contributed by atoms with Crippen LogP contribution in [-0.2, 0) is 12.8 Å². The van der Waals surface area contributed by atoms with Crippen LogP contribution in [0.3, 0.4) is 0 Å². The first kappa shape index (κ1) is 18.2. The maximum Gasteiger partial charge on any atom is 0.0726 e. The average Bonchev–Trinajstić information content (AvgIpc) is 3.12. The Labute approximate surface area is 166 Å². The van der Waals surface area contributed by atoms with E-state index in [1.165, 1.54) is 46.3 Å². The summed E-state index contributed by atoms with van der Waals surface area (Å²) in [7, 11) is 0. The summed E-state index contributed by atoms with van der Waals surface area (Å²) in [6.45, 7) is 2.00. The lowest BCUT2D eigenvalue weighted by atomic mass is 9.91. The molecule has 2 aliphatic rings. The molecule has 1 atom stereocenters. The van der Waals surface area contributed by atoms with Gasteiger partial charge in [-0.25, -0.2) is 0 Å². The molecule has 0 bridgehead atoms. The van der Waals surface area contributed by atoms with E-state index in [9.17, 15) is 0 Å². The molecule has 1 aliphatic heterocycles. The molecule has 1 saturated heterocycles. The van der Waals surface area contributed by atoms with Crippen LogP contribution in [0.2, 0.25) is 0 Å². The number of aryl methyl sites for hydroxylation is 1. The van der Waals surface area contributed by atoms with E-state index in [1.54, 1.807) is 0 Å². The van der Waals surface area contributed by atoms with E-state index < -0.39 is 0 Å². The van der Waals surface area contributed by atoms with Gasteiger partial charge in [0.15, 0.2) is 0 Å². The minimum atomic E-state index is 0. The van der Waals surface area contributed by atoms with Crippen LogP contribution in [0.4, 0.5) is 5.69 Å². The molecular formula is C22H25ClN4. The highest BCUT2D eigenvalue weighted by molar-refractivity contribution is 5.97. The zero-order valence-corrected chi connectivity index (χ0v) is 16.2. The van der Waals surface area contributed by atoms with Crippen LogP contribution in [0.25, 0.3) is 22.0 Å². The van der Waals surface area contributed by atoms with Crippen molar-refractivity contribution in [3.05, 3.63) is 54.0 Å². The Kier molecular flexibility index (Phi) is 5.02. The first-order valence-corrected chi connectivity index (χ1v) is 9.66. The van der Waals surface area contributed by atoms with Crippen molar-refractivity contribution < 1.29 is 0 Å². The molecule has 4 nitrogen and oxygen atoms in total. The van der Waals surface area contributed by atoms with E-state index in [2.05, 4.69) is 40.2 Å². The number of pyridine rings is 2. The Bertz CT molecular complexity index is 957. The van der Waals surface area contributed by atoms with Crippen LogP contribution in [0.1, 0.15) is 30.5 Å². The van der Waals surface area contributed by atoms with Crippen LogP contribution in [0.5, 0.6) is 0 Å². The molecular weight excluding hydrogens is 356 g/mol. The van der Waals surface area contributed by atoms with Crippen molar-refractivity contribution in [3.63, 3.8) is 0 Å². The monoisotopic (exact) mass is 380 g/mol. The van der Waals surface area contributed by atoms with Crippen LogP contribution >= 0.6 is 12.4 Å². The lowest BCUT2D eigenvalue weighted by Gasteiger charge is -2.28. The molecule has 0 saturated carbocycles. The van der Waals surface area contributed by atoms with Crippen molar-refractivity contribution in [2.45, 2.75) is 38.1 Å². The molecule has 2 aromatic heterocycles. The number of aromatic nitrogens is 2. The van der Waals surface area contributed by atoms with E-state index >= 15 is 0 Å². The second kappa shape index (κ2) is 7.45. The summed E-state index contributed by atoms with van der Waals surface area (Å²) < 4.78 is 0. The Balaban J connectivity index is 0.00000180. The highest BCUT2D eigenvalue weighted by Gasteiger charge is 2.26. The Morgan fingerprint density at radius 2 is 1.81 bits per heavy atom. The summed E-state index contributed by atoms with van der Waals surface area (Å²) in [5.74, 6) is 0.